The van der Waals surface area contributed by atoms with E-state index in [4.69, 9.17) is 9.47 Å². The normalized spacial score (nSPS) is 10.7. The lowest BCUT2D eigenvalue weighted by atomic mass is 10.5. The van der Waals surface area contributed by atoms with Gasteiger partial charge in [-0.15, -0.1) is 11.7 Å². The van der Waals surface area contributed by atoms with Crippen molar-refractivity contribution < 1.29 is 18.7 Å². The minimum atomic E-state index is 0.0805. The summed E-state index contributed by atoms with van der Waals surface area (Å²) in [6, 6.07) is 0. The SMILES string of the molecule is C=CCN(N=Nc1nonc1OC)c1nonc1OC. The van der Waals surface area contributed by atoms with Gasteiger partial charge in [0.2, 0.25) is 0 Å². The van der Waals surface area contributed by atoms with Crippen molar-refractivity contribution in [2.45, 2.75) is 0 Å². The van der Waals surface area contributed by atoms with Crippen LogP contribution in [0.15, 0.2) is 32.3 Å². The smallest absolute Gasteiger partial charge is 0.304 e. The van der Waals surface area contributed by atoms with E-state index in [0.29, 0.717) is 6.54 Å². The van der Waals surface area contributed by atoms with Gasteiger partial charge < -0.3 is 9.47 Å². The molecule has 0 aliphatic heterocycles. The van der Waals surface area contributed by atoms with Gasteiger partial charge in [-0.25, -0.2) is 14.3 Å². The predicted octanol–water partition coefficient (Wildman–Crippen LogP) is 1.16. The quantitative estimate of drug-likeness (QED) is 0.417. The largest absolute Gasteiger partial charge is 0.476 e. The van der Waals surface area contributed by atoms with Crippen LogP contribution >= 0.6 is 0 Å². The topological polar surface area (TPSA) is 124 Å². The van der Waals surface area contributed by atoms with Gasteiger partial charge in [0.15, 0.2) is 0 Å². The van der Waals surface area contributed by atoms with Crippen molar-refractivity contribution in [3.8, 4) is 11.8 Å². The molecule has 20 heavy (non-hydrogen) atoms. The average molecular weight is 281 g/mol. The third-order valence-corrected chi connectivity index (χ3v) is 2.07. The molecule has 2 aromatic heterocycles. The van der Waals surface area contributed by atoms with Gasteiger partial charge in [-0.2, -0.15) is 0 Å². The Morgan fingerprint density at radius 3 is 2.55 bits per heavy atom. The minimum Gasteiger partial charge on any atom is -0.476 e. The van der Waals surface area contributed by atoms with Gasteiger partial charge in [-0.3, -0.25) is 0 Å². The number of ether oxygens (including phenoxy) is 2. The molecule has 11 nitrogen and oxygen atoms in total. The fraction of sp³-hybridized carbons (Fsp3) is 0.333. The van der Waals surface area contributed by atoms with E-state index in [1.54, 1.807) is 6.08 Å². The van der Waals surface area contributed by atoms with Crippen LogP contribution in [0.1, 0.15) is 0 Å². The van der Waals surface area contributed by atoms with E-state index in [1.807, 2.05) is 0 Å². The van der Waals surface area contributed by atoms with Gasteiger partial charge in [0.05, 0.1) is 20.8 Å². The zero-order valence-electron chi connectivity index (χ0n) is 10.8. The summed E-state index contributed by atoms with van der Waals surface area (Å²) in [5, 5.41) is 23.3. The van der Waals surface area contributed by atoms with E-state index in [9.17, 15) is 0 Å². The highest BCUT2D eigenvalue weighted by molar-refractivity contribution is 5.46. The molecule has 11 heteroatoms. The lowest BCUT2D eigenvalue weighted by Crippen LogP contribution is -2.16. The Kier molecular flexibility index (Phi) is 4.21. The van der Waals surface area contributed by atoms with Gasteiger partial charge in [0, 0.05) is 0 Å². The Hall–Kier alpha value is -2.98. The van der Waals surface area contributed by atoms with E-state index in [2.05, 4.69) is 46.8 Å². The second-order valence-corrected chi connectivity index (χ2v) is 3.25. The lowest BCUT2D eigenvalue weighted by molar-refractivity contribution is 0.281. The van der Waals surface area contributed by atoms with Crippen molar-refractivity contribution in [1.29, 1.82) is 0 Å². The fourth-order valence-corrected chi connectivity index (χ4v) is 1.21. The van der Waals surface area contributed by atoms with Crippen LogP contribution in [0, 0.1) is 0 Å². The van der Waals surface area contributed by atoms with Crippen LogP contribution in [-0.4, -0.2) is 41.4 Å². The van der Waals surface area contributed by atoms with Crippen molar-refractivity contribution in [3.63, 3.8) is 0 Å². The highest BCUT2D eigenvalue weighted by Crippen LogP contribution is 2.26. The maximum absolute atomic E-state index is 4.98. The summed E-state index contributed by atoms with van der Waals surface area (Å²) < 4.78 is 18.9. The molecule has 0 aromatic carbocycles. The van der Waals surface area contributed by atoms with E-state index < -0.39 is 0 Å². The molecule has 0 aliphatic rings. The van der Waals surface area contributed by atoms with Crippen molar-refractivity contribution in [2.24, 2.45) is 10.3 Å². The number of aromatic nitrogens is 4. The first-order valence-corrected chi connectivity index (χ1v) is 5.33. The number of hydrogen-bond acceptors (Lipinski definition) is 10. The van der Waals surface area contributed by atoms with Gasteiger partial charge in [-0.1, -0.05) is 11.3 Å². The van der Waals surface area contributed by atoms with Crippen LogP contribution in [-0.2, 0) is 0 Å². The first-order valence-electron chi connectivity index (χ1n) is 5.33. The Bertz CT molecular complexity index is 593. The molecule has 0 radical (unpaired) electrons. The third-order valence-electron chi connectivity index (χ3n) is 2.07. The van der Waals surface area contributed by atoms with E-state index in [1.165, 1.54) is 19.2 Å². The Morgan fingerprint density at radius 2 is 1.85 bits per heavy atom. The van der Waals surface area contributed by atoms with E-state index in [0.717, 1.165) is 0 Å². The van der Waals surface area contributed by atoms with Crippen molar-refractivity contribution >= 4 is 11.6 Å². The molecular weight excluding hydrogens is 270 g/mol. The molecule has 2 heterocycles. The summed E-state index contributed by atoms with van der Waals surface area (Å²) in [4.78, 5) is 0. The van der Waals surface area contributed by atoms with Gasteiger partial charge in [0.1, 0.15) is 0 Å². The Morgan fingerprint density at radius 1 is 1.15 bits per heavy atom. The molecule has 2 aromatic rings. The molecule has 2 rings (SSSR count). The monoisotopic (exact) mass is 281 g/mol. The zero-order valence-corrected chi connectivity index (χ0v) is 10.8. The zero-order chi connectivity index (χ0) is 14.4. The molecule has 0 saturated heterocycles. The first kappa shape index (κ1) is 13.5. The third kappa shape index (κ3) is 2.71. The summed E-state index contributed by atoms with van der Waals surface area (Å²) in [5.41, 5.74) is 0. The van der Waals surface area contributed by atoms with Crippen LogP contribution in [0.5, 0.6) is 11.8 Å². The number of rotatable bonds is 7. The second kappa shape index (κ2) is 6.26. The second-order valence-electron chi connectivity index (χ2n) is 3.25. The summed E-state index contributed by atoms with van der Waals surface area (Å²) in [7, 11) is 2.83. The van der Waals surface area contributed by atoms with Gasteiger partial charge in [0.25, 0.3) is 11.6 Å². The van der Waals surface area contributed by atoms with Crippen LogP contribution < -0.4 is 14.5 Å². The van der Waals surface area contributed by atoms with E-state index in [-0.39, 0.29) is 23.4 Å². The molecule has 0 aliphatic carbocycles. The maximum Gasteiger partial charge on any atom is 0.304 e. The molecule has 0 amide bonds. The van der Waals surface area contributed by atoms with Crippen LogP contribution in [0.4, 0.5) is 11.6 Å². The lowest BCUT2D eigenvalue weighted by Gasteiger charge is -2.10. The number of anilines is 1. The molecule has 0 saturated carbocycles. The summed E-state index contributed by atoms with van der Waals surface area (Å²) in [6.45, 7) is 3.90. The Balaban J connectivity index is 2.23. The molecule has 106 valence electrons. The predicted molar refractivity (Wildman–Crippen MR) is 63.8 cm³/mol. The number of methoxy groups -OCH3 is 2. The minimum absolute atomic E-state index is 0.0805. The molecular formula is C9H11N7O4. The van der Waals surface area contributed by atoms with Crippen molar-refractivity contribution in [2.75, 3.05) is 25.8 Å². The molecule has 0 unspecified atom stereocenters. The molecule has 0 spiro atoms. The fourth-order valence-electron chi connectivity index (χ4n) is 1.21. The molecule has 0 bridgehead atoms. The Labute approximate surface area is 112 Å². The summed E-state index contributed by atoms with van der Waals surface area (Å²) >= 11 is 0. The molecule has 0 atom stereocenters. The van der Waals surface area contributed by atoms with Crippen molar-refractivity contribution in [3.05, 3.63) is 12.7 Å². The summed E-state index contributed by atoms with van der Waals surface area (Å²) in [6.07, 6.45) is 1.59. The van der Waals surface area contributed by atoms with Crippen LogP contribution in [0.25, 0.3) is 0 Å². The number of nitrogens with zero attached hydrogens (tertiary/aromatic N) is 7. The standard InChI is InChI=1S/C9H11N7O4/c1-4-5-16(7-9(18-3)14-20-12-7)15-10-6-8(17-2)13-19-11-6/h4H,1,5H2,2-3H3. The highest BCUT2D eigenvalue weighted by Gasteiger charge is 2.18. The summed E-state index contributed by atoms with van der Waals surface area (Å²) in [5.74, 6) is 0.595. The van der Waals surface area contributed by atoms with Crippen LogP contribution in [0.3, 0.4) is 0 Å². The molecule has 0 N–H and O–H groups in total. The van der Waals surface area contributed by atoms with Crippen molar-refractivity contribution in [1.82, 2.24) is 20.6 Å². The average Bonchev–Trinajstić information content (AvgIpc) is 3.11. The highest BCUT2D eigenvalue weighted by atomic mass is 16.6. The number of hydrogen-bond donors (Lipinski definition) is 0. The van der Waals surface area contributed by atoms with Crippen LogP contribution in [0.2, 0.25) is 0 Å². The van der Waals surface area contributed by atoms with Gasteiger partial charge in [-0.05, 0) is 20.6 Å². The maximum atomic E-state index is 4.98. The first-order chi connectivity index (χ1) is 9.80. The van der Waals surface area contributed by atoms with E-state index >= 15 is 0 Å². The molecule has 0 fully saturated rings. The van der Waals surface area contributed by atoms with Gasteiger partial charge >= 0.3 is 11.8 Å².